The number of hydrogen-bond donors (Lipinski definition) is 0. The van der Waals surface area contributed by atoms with Gasteiger partial charge in [0.05, 0.1) is 33.4 Å². The summed E-state index contributed by atoms with van der Waals surface area (Å²) < 4.78 is 11.6. The first-order valence-corrected chi connectivity index (χ1v) is 18.1. The van der Waals surface area contributed by atoms with Crippen LogP contribution in [0.25, 0.3) is 69.6 Å². The minimum Gasteiger partial charge on any atom is -0.456 e. The third kappa shape index (κ3) is 4.88. The highest BCUT2D eigenvalue weighted by atomic mass is 32.1. The lowest BCUT2D eigenvalue weighted by Crippen LogP contribution is -2.05. The first kappa shape index (κ1) is 30.2. The highest BCUT2D eigenvalue weighted by Gasteiger charge is 2.21. The van der Waals surface area contributed by atoms with Crippen molar-refractivity contribution in [3.05, 3.63) is 174 Å². The van der Waals surface area contributed by atoms with Crippen molar-refractivity contribution in [3.8, 4) is 5.69 Å². The fraction of sp³-hybridized carbons (Fsp3) is 0.0217. The zero-order valence-corrected chi connectivity index (χ0v) is 28.8. The average Bonchev–Trinajstić information content (AvgIpc) is 3.88. The Bertz CT molecular complexity index is 3060. The van der Waals surface area contributed by atoms with Crippen molar-refractivity contribution in [2.24, 2.45) is 15.0 Å². The van der Waals surface area contributed by atoms with Crippen LogP contribution in [0.3, 0.4) is 0 Å². The van der Waals surface area contributed by atoms with Crippen LogP contribution in [0.1, 0.15) is 16.7 Å². The third-order valence-corrected chi connectivity index (χ3v) is 11.0. The van der Waals surface area contributed by atoms with Crippen molar-refractivity contribution in [3.63, 3.8) is 0 Å². The van der Waals surface area contributed by atoms with Crippen LogP contribution in [-0.4, -0.2) is 23.0 Å². The normalized spacial score (nSPS) is 12.6. The maximum Gasteiger partial charge on any atom is 0.161 e. The van der Waals surface area contributed by atoms with E-state index in [4.69, 9.17) is 14.4 Å². The Labute approximate surface area is 303 Å². The van der Waals surface area contributed by atoms with E-state index in [0.717, 1.165) is 44.3 Å². The number of fused-ring (bicyclic) bond motifs is 10. The summed E-state index contributed by atoms with van der Waals surface area (Å²) in [6, 6.07) is 54.6. The summed E-state index contributed by atoms with van der Waals surface area (Å²) in [4.78, 5) is 14.1. The first-order chi connectivity index (χ1) is 25.7. The van der Waals surface area contributed by atoms with Crippen LogP contribution in [0.4, 0.5) is 0 Å². The molecule has 246 valence electrons. The van der Waals surface area contributed by atoms with Crippen LogP contribution in [0.15, 0.2) is 177 Å². The number of rotatable bonds is 5. The number of thiophene rings is 1. The molecule has 0 spiro atoms. The van der Waals surface area contributed by atoms with E-state index in [-0.39, 0.29) is 0 Å². The lowest BCUT2D eigenvalue weighted by Gasteiger charge is -2.10. The molecule has 5 nitrogen and oxygen atoms in total. The van der Waals surface area contributed by atoms with Crippen molar-refractivity contribution in [1.29, 1.82) is 0 Å². The lowest BCUT2D eigenvalue weighted by atomic mass is 10.1. The molecule has 0 unspecified atom stereocenters. The smallest absolute Gasteiger partial charge is 0.161 e. The van der Waals surface area contributed by atoms with Crippen LogP contribution in [0.5, 0.6) is 0 Å². The SMILES string of the molecule is C=NC(=NC(=NCc1ccc2c(c1)oc1cccc(-n3c4ccccc4c4ccc5c6ccccc6sc5c43)c12)c1ccccc1)c1ccccc1. The molecule has 0 amide bonds. The monoisotopic (exact) mass is 686 g/mol. The van der Waals surface area contributed by atoms with E-state index < -0.39 is 0 Å². The Balaban J connectivity index is 1.13. The molecule has 0 atom stereocenters. The van der Waals surface area contributed by atoms with Crippen molar-refractivity contribution >= 4 is 93.6 Å². The van der Waals surface area contributed by atoms with Gasteiger partial charge in [0.1, 0.15) is 11.2 Å². The van der Waals surface area contributed by atoms with Gasteiger partial charge in [-0.05, 0) is 42.6 Å². The van der Waals surface area contributed by atoms with E-state index in [9.17, 15) is 0 Å². The van der Waals surface area contributed by atoms with Gasteiger partial charge in [-0.3, -0.25) is 4.99 Å². The molecule has 0 aliphatic rings. The summed E-state index contributed by atoms with van der Waals surface area (Å²) in [5.74, 6) is 1.12. The molecule has 0 saturated heterocycles. The standard InChI is InChI=1S/C46H30N4OS/c1-47-45(30-13-4-2-5-14-30)49-46(31-15-6-3-7-16-31)48-28-29-23-24-36-40(27-29)51-39-21-12-20-38(42(36)39)50-37-19-10-8-17-32(37)34-25-26-35-33-18-9-11-22-41(33)52-44(35)43(34)50/h2-27H,1,28H2. The topological polar surface area (TPSA) is 55.1 Å². The first-order valence-electron chi connectivity index (χ1n) is 17.2. The predicted molar refractivity (Wildman–Crippen MR) is 220 cm³/mol. The van der Waals surface area contributed by atoms with E-state index in [2.05, 4.69) is 113 Å². The van der Waals surface area contributed by atoms with E-state index in [0.29, 0.717) is 18.2 Å². The molecular formula is C46H30N4OS. The largest absolute Gasteiger partial charge is 0.456 e. The van der Waals surface area contributed by atoms with E-state index in [1.807, 2.05) is 72.0 Å². The number of hydrogen-bond acceptors (Lipinski definition) is 3. The summed E-state index contributed by atoms with van der Waals surface area (Å²) in [5.41, 5.74) is 7.99. The number of nitrogens with zero attached hydrogens (tertiary/aromatic N) is 4. The van der Waals surface area contributed by atoms with Crippen LogP contribution >= 0.6 is 11.3 Å². The maximum absolute atomic E-state index is 6.61. The second-order valence-electron chi connectivity index (χ2n) is 12.8. The van der Waals surface area contributed by atoms with Crippen LogP contribution < -0.4 is 0 Å². The van der Waals surface area contributed by atoms with E-state index >= 15 is 0 Å². The van der Waals surface area contributed by atoms with Gasteiger partial charge in [-0.25, -0.2) is 9.98 Å². The highest BCUT2D eigenvalue weighted by molar-refractivity contribution is 7.26. The quantitative estimate of drug-likeness (QED) is 0.131. The Morgan fingerprint density at radius 3 is 2.10 bits per heavy atom. The van der Waals surface area contributed by atoms with Gasteiger partial charge in [0, 0.05) is 42.8 Å². The minimum absolute atomic E-state index is 0.420. The predicted octanol–water partition coefficient (Wildman–Crippen LogP) is 12.1. The molecule has 10 rings (SSSR count). The second kappa shape index (κ2) is 12.3. The van der Waals surface area contributed by atoms with E-state index in [1.165, 1.54) is 42.0 Å². The molecule has 3 aromatic heterocycles. The Morgan fingerprint density at radius 1 is 0.596 bits per heavy atom. The fourth-order valence-corrected chi connectivity index (χ4v) is 8.68. The van der Waals surface area contributed by atoms with Crippen molar-refractivity contribution in [2.75, 3.05) is 0 Å². The van der Waals surface area contributed by atoms with Gasteiger partial charge in [-0.2, -0.15) is 0 Å². The Morgan fingerprint density at radius 2 is 1.29 bits per heavy atom. The number of para-hydroxylation sites is 1. The molecule has 52 heavy (non-hydrogen) atoms. The Kier molecular flexibility index (Phi) is 7.15. The summed E-state index contributed by atoms with van der Waals surface area (Å²) in [6.45, 7) is 4.21. The summed E-state index contributed by atoms with van der Waals surface area (Å²) >= 11 is 1.86. The van der Waals surface area contributed by atoms with Gasteiger partial charge in [0.2, 0.25) is 0 Å². The van der Waals surface area contributed by atoms with Crippen molar-refractivity contribution < 1.29 is 4.42 Å². The number of amidine groups is 2. The molecule has 0 radical (unpaired) electrons. The number of aliphatic imine (C=N–C) groups is 3. The van der Waals surface area contributed by atoms with E-state index in [1.54, 1.807) is 0 Å². The molecule has 0 aliphatic carbocycles. The van der Waals surface area contributed by atoms with Gasteiger partial charge in [0.15, 0.2) is 11.7 Å². The van der Waals surface area contributed by atoms with Crippen LogP contribution in [0, 0.1) is 0 Å². The Hall–Kier alpha value is -6.63. The number of aromatic nitrogens is 1. The molecule has 0 aliphatic heterocycles. The van der Waals surface area contributed by atoms with Crippen LogP contribution in [-0.2, 0) is 6.54 Å². The molecular weight excluding hydrogens is 657 g/mol. The molecule has 6 heteroatoms. The van der Waals surface area contributed by atoms with Gasteiger partial charge in [-0.15, -0.1) is 11.3 Å². The van der Waals surface area contributed by atoms with Gasteiger partial charge in [-0.1, -0.05) is 127 Å². The molecule has 0 bridgehead atoms. The zero-order chi connectivity index (χ0) is 34.6. The third-order valence-electron chi connectivity index (χ3n) is 9.80. The molecule has 7 aromatic carbocycles. The number of furan rings is 1. The minimum atomic E-state index is 0.420. The van der Waals surface area contributed by atoms with Crippen molar-refractivity contribution in [2.45, 2.75) is 6.54 Å². The second-order valence-corrected chi connectivity index (χ2v) is 13.9. The molecule has 3 heterocycles. The molecule has 0 saturated carbocycles. The summed E-state index contributed by atoms with van der Waals surface area (Å²) in [5, 5.41) is 7.22. The number of benzene rings is 7. The van der Waals surface area contributed by atoms with Gasteiger partial charge < -0.3 is 8.98 Å². The average molecular weight is 687 g/mol. The van der Waals surface area contributed by atoms with Gasteiger partial charge in [0.25, 0.3) is 0 Å². The lowest BCUT2D eigenvalue weighted by molar-refractivity contribution is 0.668. The molecule has 0 fully saturated rings. The zero-order valence-electron chi connectivity index (χ0n) is 28.0. The highest BCUT2D eigenvalue weighted by Crippen LogP contribution is 2.44. The van der Waals surface area contributed by atoms with Crippen LogP contribution in [0.2, 0.25) is 0 Å². The van der Waals surface area contributed by atoms with Gasteiger partial charge >= 0.3 is 0 Å². The maximum atomic E-state index is 6.61. The molecule has 10 aromatic rings. The fourth-order valence-electron chi connectivity index (χ4n) is 7.44. The molecule has 0 N–H and O–H groups in total. The summed E-state index contributed by atoms with van der Waals surface area (Å²) in [7, 11) is 0. The van der Waals surface area contributed by atoms with Crippen molar-refractivity contribution in [1.82, 2.24) is 4.57 Å². The summed E-state index contributed by atoms with van der Waals surface area (Å²) in [6.07, 6.45) is 0.